The van der Waals surface area contributed by atoms with Crippen LogP contribution in [-0.2, 0) is 11.3 Å². The number of nitrogens with zero attached hydrogens (tertiary/aromatic N) is 3. The lowest BCUT2D eigenvalue weighted by Gasteiger charge is -2.34. The van der Waals surface area contributed by atoms with Gasteiger partial charge in [-0.1, -0.05) is 12.1 Å². The van der Waals surface area contributed by atoms with Gasteiger partial charge >= 0.3 is 6.09 Å². The minimum absolute atomic E-state index is 0.0256. The van der Waals surface area contributed by atoms with Crippen LogP contribution in [0.3, 0.4) is 0 Å². The molecule has 7 nitrogen and oxygen atoms in total. The van der Waals surface area contributed by atoms with Gasteiger partial charge in [0, 0.05) is 38.9 Å². The van der Waals surface area contributed by atoms with Crippen LogP contribution in [0.25, 0.3) is 0 Å². The van der Waals surface area contributed by atoms with Gasteiger partial charge in [-0.2, -0.15) is 0 Å². The van der Waals surface area contributed by atoms with Crippen molar-refractivity contribution in [3.63, 3.8) is 0 Å². The van der Waals surface area contributed by atoms with E-state index in [4.69, 9.17) is 9.47 Å². The van der Waals surface area contributed by atoms with Crippen LogP contribution in [0.5, 0.6) is 5.75 Å². The van der Waals surface area contributed by atoms with Crippen molar-refractivity contribution in [3.05, 3.63) is 53.9 Å². The molecule has 0 atom stereocenters. The second-order valence-corrected chi connectivity index (χ2v) is 9.01. The Kier molecular flexibility index (Phi) is 6.93. The van der Waals surface area contributed by atoms with Crippen molar-refractivity contribution in [2.75, 3.05) is 27.2 Å². The van der Waals surface area contributed by atoms with Crippen molar-refractivity contribution < 1.29 is 19.1 Å². The number of likely N-dealkylation sites (tertiary alicyclic amines) is 1. The SMILES string of the molecule is COc1cccc(CN(C)C(=O)c2cccn2C2CCN(C(=O)OC(C)(C)C)CC2)c1. The Morgan fingerprint density at radius 3 is 2.48 bits per heavy atom. The zero-order chi connectivity index (χ0) is 22.6. The monoisotopic (exact) mass is 427 g/mol. The molecular formula is C24H33N3O4. The maximum absolute atomic E-state index is 13.1. The van der Waals surface area contributed by atoms with E-state index in [0.717, 1.165) is 24.2 Å². The van der Waals surface area contributed by atoms with E-state index in [9.17, 15) is 9.59 Å². The smallest absolute Gasteiger partial charge is 0.410 e. The molecule has 0 saturated carbocycles. The first-order valence-electron chi connectivity index (χ1n) is 10.7. The lowest BCUT2D eigenvalue weighted by atomic mass is 10.0. The molecule has 1 aromatic carbocycles. The molecule has 1 aromatic heterocycles. The number of ether oxygens (including phenoxy) is 2. The zero-order valence-electron chi connectivity index (χ0n) is 19.1. The number of methoxy groups -OCH3 is 1. The summed E-state index contributed by atoms with van der Waals surface area (Å²) in [4.78, 5) is 28.9. The van der Waals surface area contributed by atoms with Crippen molar-refractivity contribution in [3.8, 4) is 5.75 Å². The molecule has 2 heterocycles. The van der Waals surface area contributed by atoms with E-state index < -0.39 is 5.60 Å². The highest BCUT2D eigenvalue weighted by molar-refractivity contribution is 5.92. The largest absolute Gasteiger partial charge is 0.497 e. The number of carbonyl (C=O) groups excluding carboxylic acids is 2. The van der Waals surface area contributed by atoms with Crippen LogP contribution in [0.1, 0.15) is 55.7 Å². The van der Waals surface area contributed by atoms with Gasteiger partial charge < -0.3 is 23.8 Å². The Labute approximate surface area is 184 Å². The van der Waals surface area contributed by atoms with Gasteiger partial charge in [-0.15, -0.1) is 0 Å². The second-order valence-electron chi connectivity index (χ2n) is 9.01. The molecule has 0 spiro atoms. The molecule has 1 aliphatic rings. The van der Waals surface area contributed by atoms with Crippen molar-refractivity contribution in [2.24, 2.45) is 0 Å². The molecule has 0 bridgehead atoms. The van der Waals surface area contributed by atoms with Gasteiger partial charge in [0.2, 0.25) is 0 Å². The summed E-state index contributed by atoms with van der Waals surface area (Å²) >= 11 is 0. The van der Waals surface area contributed by atoms with E-state index in [2.05, 4.69) is 4.57 Å². The fourth-order valence-electron chi connectivity index (χ4n) is 3.86. The Morgan fingerprint density at radius 1 is 1.13 bits per heavy atom. The molecular weight excluding hydrogens is 394 g/mol. The van der Waals surface area contributed by atoms with Crippen molar-refractivity contribution in [2.45, 2.75) is 51.8 Å². The predicted molar refractivity (Wildman–Crippen MR) is 119 cm³/mol. The van der Waals surface area contributed by atoms with Gasteiger partial charge in [0.25, 0.3) is 5.91 Å². The number of rotatable bonds is 5. The molecule has 168 valence electrons. The Morgan fingerprint density at radius 2 is 1.84 bits per heavy atom. The van der Waals surface area contributed by atoms with Crippen LogP contribution in [0.15, 0.2) is 42.6 Å². The fourth-order valence-corrected chi connectivity index (χ4v) is 3.86. The van der Waals surface area contributed by atoms with Gasteiger partial charge in [-0.05, 0) is 63.4 Å². The van der Waals surface area contributed by atoms with E-state index in [1.807, 2.05) is 70.4 Å². The highest BCUT2D eigenvalue weighted by Gasteiger charge is 2.29. The fraction of sp³-hybridized carbons (Fsp3) is 0.500. The third-order valence-electron chi connectivity index (χ3n) is 5.41. The van der Waals surface area contributed by atoms with Crippen molar-refractivity contribution in [1.29, 1.82) is 0 Å². The summed E-state index contributed by atoms with van der Waals surface area (Å²) in [5, 5.41) is 0. The van der Waals surface area contributed by atoms with Gasteiger partial charge in [0.1, 0.15) is 17.0 Å². The Balaban J connectivity index is 1.63. The third-order valence-corrected chi connectivity index (χ3v) is 5.41. The Bertz CT molecular complexity index is 908. The number of hydrogen-bond acceptors (Lipinski definition) is 4. The number of aromatic nitrogens is 1. The number of benzene rings is 1. The van der Waals surface area contributed by atoms with E-state index in [1.165, 1.54) is 0 Å². The third kappa shape index (κ3) is 5.81. The second kappa shape index (κ2) is 9.45. The van der Waals surface area contributed by atoms with E-state index in [-0.39, 0.29) is 18.0 Å². The summed E-state index contributed by atoms with van der Waals surface area (Å²) in [6.07, 6.45) is 3.26. The normalized spacial score (nSPS) is 14.9. The minimum Gasteiger partial charge on any atom is -0.497 e. The van der Waals surface area contributed by atoms with Crippen LogP contribution in [0.4, 0.5) is 4.79 Å². The lowest BCUT2D eigenvalue weighted by molar-refractivity contribution is 0.0186. The quantitative estimate of drug-likeness (QED) is 0.712. The maximum Gasteiger partial charge on any atom is 0.410 e. The van der Waals surface area contributed by atoms with Crippen molar-refractivity contribution >= 4 is 12.0 Å². The molecule has 0 unspecified atom stereocenters. The summed E-state index contributed by atoms with van der Waals surface area (Å²) in [6.45, 7) is 7.35. The molecule has 1 saturated heterocycles. The summed E-state index contributed by atoms with van der Waals surface area (Å²) in [6, 6.07) is 11.7. The van der Waals surface area contributed by atoms with Crippen LogP contribution in [-0.4, -0.2) is 59.2 Å². The number of carbonyl (C=O) groups is 2. The highest BCUT2D eigenvalue weighted by atomic mass is 16.6. The number of hydrogen-bond donors (Lipinski definition) is 0. The van der Waals surface area contributed by atoms with Gasteiger partial charge in [0.15, 0.2) is 0 Å². The molecule has 7 heteroatoms. The van der Waals surface area contributed by atoms with Crippen LogP contribution in [0, 0.1) is 0 Å². The lowest BCUT2D eigenvalue weighted by Crippen LogP contribution is -2.42. The molecule has 0 N–H and O–H groups in total. The first kappa shape index (κ1) is 22.7. The molecule has 1 aliphatic heterocycles. The zero-order valence-corrected chi connectivity index (χ0v) is 19.1. The molecule has 2 amide bonds. The summed E-state index contributed by atoms with van der Waals surface area (Å²) in [5.41, 5.74) is 1.18. The average Bonchev–Trinajstić information content (AvgIpc) is 3.22. The van der Waals surface area contributed by atoms with Crippen molar-refractivity contribution in [1.82, 2.24) is 14.4 Å². The minimum atomic E-state index is -0.499. The Hall–Kier alpha value is -2.96. The first-order chi connectivity index (χ1) is 14.7. The molecule has 31 heavy (non-hydrogen) atoms. The predicted octanol–water partition coefficient (Wildman–Crippen LogP) is 4.34. The molecule has 0 aliphatic carbocycles. The number of piperidine rings is 1. The summed E-state index contributed by atoms with van der Waals surface area (Å²) in [7, 11) is 3.44. The van der Waals surface area contributed by atoms with Crippen LogP contribution in [0.2, 0.25) is 0 Å². The van der Waals surface area contributed by atoms with E-state index in [1.54, 1.807) is 16.9 Å². The topological polar surface area (TPSA) is 64.0 Å². The average molecular weight is 428 g/mol. The maximum atomic E-state index is 13.1. The highest BCUT2D eigenvalue weighted by Crippen LogP contribution is 2.26. The first-order valence-corrected chi connectivity index (χ1v) is 10.7. The van der Waals surface area contributed by atoms with E-state index in [0.29, 0.717) is 25.3 Å². The van der Waals surface area contributed by atoms with Gasteiger partial charge in [-0.25, -0.2) is 4.79 Å². The summed E-state index contributed by atoms with van der Waals surface area (Å²) in [5.74, 6) is 0.751. The molecule has 2 aromatic rings. The molecule has 0 radical (unpaired) electrons. The standard InChI is InChI=1S/C24H33N3O4/c1-24(2,3)31-23(29)26-14-11-19(12-15-26)27-13-7-10-21(27)22(28)25(4)17-18-8-6-9-20(16-18)30-5/h6-10,13,16,19H,11-12,14-15,17H2,1-5H3. The van der Waals surface area contributed by atoms with Crippen LogP contribution < -0.4 is 4.74 Å². The molecule has 1 fully saturated rings. The number of amides is 2. The summed E-state index contributed by atoms with van der Waals surface area (Å²) < 4.78 is 12.8. The van der Waals surface area contributed by atoms with Gasteiger partial charge in [-0.3, -0.25) is 4.79 Å². The molecule has 3 rings (SSSR count). The van der Waals surface area contributed by atoms with Crippen LogP contribution >= 0.6 is 0 Å². The van der Waals surface area contributed by atoms with Gasteiger partial charge in [0.05, 0.1) is 7.11 Å². The van der Waals surface area contributed by atoms with E-state index >= 15 is 0 Å².